The molecule has 2 atom stereocenters. The van der Waals surface area contributed by atoms with Crippen molar-refractivity contribution in [3.8, 4) is 0 Å². The standard InChI is InChI=1S/C16H22N2/c1-4-13-10-18(11-14(13)5-1)16-6-2-3-12-9-17-8-7-15(12)16/h2-3,6,13-14,17H,1,4-5,7-11H2/t13-,14+. The first kappa shape index (κ1) is 10.9. The van der Waals surface area contributed by atoms with Crippen molar-refractivity contribution in [1.82, 2.24) is 5.32 Å². The van der Waals surface area contributed by atoms with Crippen molar-refractivity contribution >= 4 is 5.69 Å². The Morgan fingerprint density at radius 3 is 2.78 bits per heavy atom. The van der Waals surface area contributed by atoms with Gasteiger partial charge in [0.1, 0.15) is 0 Å². The van der Waals surface area contributed by atoms with Crippen LogP contribution >= 0.6 is 0 Å². The molecule has 2 nitrogen and oxygen atoms in total. The molecule has 1 aromatic carbocycles. The minimum Gasteiger partial charge on any atom is -0.371 e. The van der Waals surface area contributed by atoms with Gasteiger partial charge in [0, 0.05) is 25.3 Å². The van der Waals surface area contributed by atoms with Crippen molar-refractivity contribution in [3.05, 3.63) is 29.3 Å². The first-order valence-corrected chi connectivity index (χ1v) is 7.48. The number of nitrogens with zero attached hydrogens (tertiary/aromatic N) is 1. The Hall–Kier alpha value is -1.02. The normalized spacial score (nSPS) is 30.3. The molecule has 1 aromatic rings. The van der Waals surface area contributed by atoms with Gasteiger partial charge in [0.2, 0.25) is 0 Å². The molecule has 2 fully saturated rings. The summed E-state index contributed by atoms with van der Waals surface area (Å²) in [6, 6.07) is 6.89. The van der Waals surface area contributed by atoms with E-state index in [-0.39, 0.29) is 0 Å². The highest BCUT2D eigenvalue weighted by molar-refractivity contribution is 5.58. The lowest BCUT2D eigenvalue weighted by atomic mass is 9.98. The van der Waals surface area contributed by atoms with E-state index in [9.17, 15) is 0 Å². The van der Waals surface area contributed by atoms with Crippen LogP contribution in [-0.4, -0.2) is 19.6 Å². The van der Waals surface area contributed by atoms with Crippen LogP contribution in [0.15, 0.2) is 18.2 Å². The summed E-state index contributed by atoms with van der Waals surface area (Å²) in [7, 11) is 0. The van der Waals surface area contributed by atoms with E-state index in [0.29, 0.717) is 0 Å². The highest BCUT2D eigenvalue weighted by atomic mass is 15.2. The van der Waals surface area contributed by atoms with Gasteiger partial charge in [-0.1, -0.05) is 18.6 Å². The second kappa shape index (κ2) is 4.27. The van der Waals surface area contributed by atoms with Crippen molar-refractivity contribution < 1.29 is 0 Å². The van der Waals surface area contributed by atoms with E-state index >= 15 is 0 Å². The Bertz CT molecular complexity index is 442. The largest absolute Gasteiger partial charge is 0.371 e. The lowest BCUT2D eigenvalue weighted by Crippen LogP contribution is -2.28. The van der Waals surface area contributed by atoms with Crippen molar-refractivity contribution in [2.45, 2.75) is 32.2 Å². The Morgan fingerprint density at radius 1 is 1.11 bits per heavy atom. The van der Waals surface area contributed by atoms with Crippen molar-refractivity contribution in [2.75, 3.05) is 24.5 Å². The third kappa shape index (κ3) is 1.66. The zero-order valence-corrected chi connectivity index (χ0v) is 11.0. The number of nitrogens with one attached hydrogen (secondary N) is 1. The van der Waals surface area contributed by atoms with Crippen LogP contribution in [0, 0.1) is 11.8 Å². The lowest BCUT2D eigenvalue weighted by molar-refractivity contribution is 0.494. The van der Waals surface area contributed by atoms with Gasteiger partial charge in [0.05, 0.1) is 0 Å². The maximum Gasteiger partial charge on any atom is 0.0402 e. The van der Waals surface area contributed by atoms with E-state index in [1.54, 1.807) is 11.3 Å². The highest BCUT2D eigenvalue weighted by Crippen LogP contribution is 2.41. The maximum absolute atomic E-state index is 3.48. The second-order valence-corrected chi connectivity index (χ2v) is 6.20. The van der Waals surface area contributed by atoms with Gasteiger partial charge in [-0.3, -0.25) is 0 Å². The summed E-state index contributed by atoms with van der Waals surface area (Å²) in [4.78, 5) is 2.68. The van der Waals surface area contributed by atoms with E-state index in [1.807, 2.05) is 0 Å². The molecule has 1 saturated carbocycles. The molecule has 2 heterocycles. The topological polar surface area (TPSA) is 15.3 Å². The average molecular weight is 242 g/mol. The van der Waals surface area contributed by atoms with Crippen molar-refractivity contribution in [2.24, 2.45) is 11.8 Å². The van der Waals surface area contributed by atoms with Gasteiger partial charge >= 0.3 is 0 Å². The molecule has 1 N–H and O–H groups in total. The SMILES string of the molecule is c1cc2c(c(N3C[C@H]4CCC[C@H]4C3)c1)CCNC2. The average Bonchev–Trinajstić information content (AvgIpc) is 2.99. The predicted octanol–water partition coefficient (Wildman–Crippen LogP) is 2.57. The monoisotopic (exact) mass is 242 g/mol. The Balaban J connectivity index is 1.65. The molecule has 0 bridgehead atoms. The molecule has 0 amide bonds. The number of hydrogen-bond donors (Lipinski definition) is 1. The minimum atomic E-state index is 0.988. The molecule has 0 spiro atoms. The number of rotatable bonds is 1. The molecule has 0 radical (unpaired) electrons. The van der Waals surface area contributed by atoms with Crippen LogP contribution < -0.4 is 10.2 Å². The van der Waals surface area contributed by atoms with Gasteiger partial charge in [0.15, 0.2) is 0 Å². The molecule has 0 aromatic heterocycles. The molecule has 0 unspecified atom stereocenters. The fraction of sp³-hybridized carbons (Fsp3) is 0.625. The Kier molecular flexibility index (Phi) is 2.58. The third-order valence-corrected chi connectivity index (χ3v) is 5.18. The fourth-order valence-corrected chi connectivity index (χ4v) is 4.24. The summed E-state index contributed by atoms with van der Waals surface area (Å²) in [5.74, 6) is 1.98. The van der Waals surface area contributed by atoms with Gasteiger partial charge in [-0.05, 0) is 54.8 Å². The first-order chi connectivity index (χ1) is 8.92. The fourth-order valence-electron chi connectivity index (χ4n) is 4.24. The third-order valence-electron chi connectivity index (χ3n) is 5.18. The molecule has 96 valence electrons. The summed E-state index contributed by atoms with van der Waals surface area (Å²) in [6.07, 6.45) is 5.62. The molecule has 2 aliphatic heterocycles. The van der Waals surface area contributed by atoms with Crippen LogP contribution in [0.3, 0.4) is 0 Å². The molecular weight excluding hydrogens is 220 g/mol. The molecule has 1 saturated heterocycles. The van der Waals surface area contributed by atoms with E-state index < -0.39 is 0 Å². The molecule has 18 heavy (non-hydrogen) atoms. The summed E-state index contributed by atoms with van der Waals surface area (Å²) in [5.41, 5.74) is 4.69. The molecule has 4 rings (SSSR count). The number of fused-ring (bicyclic) bond motifs is 2. The van der Waals surface area contributed by atoms with Crippen LogP contribution in [0.2, 0.25) is 0 Å². The summed E-state index contributed by atoms with van der Waals surface area (Å²) in [6.45, 7) is 4.83. The quantitative estimate of drug-likeness (QED) is 0.814. The van der Waals surface area contributed by atoms with Gasteiger partial charge < -0.3 is 10.2 Å². The van der Waals surface area contributed by atoms with Gasteiger partial charge in [0.25, 0.3) is 0 Å². The second-order valence-electron chi connectivity index (χ2n) is 6.20. The van der Waals surface area contributed by atoms with E-state index in [0.717, 1.165) is 24.9 Å². The summed E-state index contributed by atoms with van der Waals surface area (Å²) in [5, 5.41) is 3.48. The Labute approximate surface area is 109 Å². The van der Waals surface area contributed by atoms with Gasteiger partial charge in [-0.2, -0.15) is 0 Å². The van der Waals surface area contributed by atoms with Crippen LogP contribution in [0.5, 0.6) is 0 Å². The lowest BCUT2D eigenvalue weighted by Gasteiger charge is -2.27. The molecule has 1 aliphatic carbocycles. The minimum absolute atomic E-state index is 0.988. The molecule has 2 heteroatoms. The van der Waals surface area contributed by atoms with Crippen molar-refractivity contribution in [3.63, 3.8) is 0 Å². The first-order valence-electron chi connectivity index (χ1n) is 7.48. The van der Waals surface area contributed by atoms with Gasteiger partial charge in [-0.15, -0.1) is 0 Å². The number of benzene rings is 1. The number of anilines is 1. The van der Waals surface area contributed by atoms with Crippen molar-refractivity contribution in [1.29, 1.82) is 0 Å². The van der Waals surface area contributed by atoms with E-state index in [4.69, 9.17) is 0 Å². The molecular formula is C16H22N2. The molecule has 3 aliphatic rings. The van der Waals surface area contributed by atoms with Crippen LogP contribution in [-0.2, 0) is 13.0 Å². The summed E-state index contributed by atoms with van der Waals surface area (Å²) < 4.78 is 0. The smallest absolute Gasteiger partial charge is 0.0402 e. The van der Waals surface area contributed by atoms with Crippen LogP contribution in [0.1, 0.15) is 30.4 Å². The highest BCUT2D eigenvalue weighted by Gasteiger charge is 2.36. The van der Waals surface area contributed by atoms with E-state index in [2.05, 4.69) is 28.4 Å². The van der Waals surface area contributed by atoms with Crippen LogP contribution in [0.25, 0.3) is 0 Å². The van der Waals surface area contributed by atoms with Gasteiger partial charge in [-0.25, -0.2) is 0 Å². The zero-order valence-electron chi connectivity index (χ0n) is 11.0. The Morgan fingerprint density at radius 2 is 1.94 bits per heavy atom. The zero-order chi connectivity index (χ0) is 11.9. The van der Waals surface area contributed by atoms with E-state index in [1.165, 1.54) is 44.3 Å². The maximum atomic E-state index is 3.48. The number of hydrogen-bond acceptors (Lipinski definition) is 2. The predicted molar refractivity (Wildman–Crippen MR) is 74.9 cm³/mol. The van der Waals surface area contributed by atoms with Crippen LogP contribution in [0.4, 0.5) is 5.69 Å². The summed E-state index contributed by atoms with van der Waals surface area (Å²) >= 11 is 0.